The first kappa shape index (κ1) is 18.4. The van der Waals surface area contributed by atoms with Crippen molar-refractivity contribution in [2.75, 3.05) is 19.6 Å². The first-order chi connectivity index (χ1) is 11.9. The summed E-state index contributed by atoms with van der Waals surface area (Å²) in [6.45, 7) is 6.19. The van der Waals surface area contributed by atoms with Gasteiger partial charge in [0, 0.05) is 31.2 Å². The Bertz CT molecular complexity index is 720. The highest BCUT2D eigenvalue weighted by molar-refractivity contribution is 7.89. The summed E-state index contributed by atoms with van der Waals surface area (Å²) >= 11 is 0. The van der Waals surface area contributed by atoms with E-state index in [1.165, 1.54) is 4.31 Å². The van der Waals surface area contributed by atoms with Crippen LogP contribution in [0.4, 0.5) is 0 Å². The Hall–Kier alpha value is -1.40. The molecule has 0 bridgehead atoms. The normalized spacial score (nSPS) is 18.7. The van der Waals surface area contributed by atoms with E-state index >= 15 is 0 Å². The van der Waals surface area contributed by atoms with Crippen LogP contribution in [0, 0.1) is 5.92 Å². The van der Waals surface area contributed by atoms with Crippen molar-refractivity contribution >= 4 is 15.9 Å². The fourth-order valence-corrected chi connectivity index (χ4v) is 4.83. The second kappa shape index (κ2) is 7.46. The first-order valence-corrected chi connectivity index (χ1v) is 10.7. The number of carbonyl (C=O) groups excluding carboxylic acids is 1. The lowest BCUT2D eigenvalue weighted by Gasteiger charge is -2.24. The topological polar surface area (TPSA) is 57.7 Å². The van der Waals surface area contributed by atoms with E-state index < -0.39 is 10.0 Å². The van der Waals surface area contributed by atoms with E-state index in [4.69, 9.17) is 0 Å². The minimum atomic E-state index is -3.49. The number of hydrogen-bond acceptors (Lipinski definition) is 3. The average molecular weight is 365 g/mol. The zero-order valence-electron chi connectivity index (χ0n) is 15.1. The molecule has 25 heavy (non-hydrogen) atoms. The number of amides is 1. The van der Waals surface area contributed by atoms with E-state index in [0.29, 0.717) is 30.6 Å². The molecule has 6 heteroatoms. The summed E-state index contributed by atoms with van der Waals surface area (Å²) in [4.78, 5) is 15.1. The van der Waals surface area contributed by atoms with Crippen molar-refractivity contribution in [3.63, 3.8) is 0 Å². The summed E-state index contributed by atoms with van der Waals surface area (Å²) in [5.74, 6) is 0.498. The summed E-state index contributed by atoms with van der Waals surface area (Å²) in [5.41, 5.74) is 0.482. The highest BCUT2D eigenvalue weighted by Gasteiger charge is 2.33. The maximum atomic E-state index is 13.0. The largest absolute Gasteiger partial charge is 0.336 e. The summed E-state index contributed by atoms with van der Waals surface area (Å²) in [7, 11) is -3.49. The van der Waals surface area contributed by atoms with Crippen molar-refractivity contribution in [1.29, 1.82) is 0 Å². The van der Waals surface area contributed by atoms with Crippen LogP contribution in [0.15, 0.2) is 29.2 Å². The second-order valence-electron chi connectivity index (χ2n) is 7.55. The van der Waals surface area contributed by atoms with Crippen LogP contribution < -0.4 is 0 Å². The van der Waals surface area contributed by atoms with E-state index in [1.54, 1.807) is 24.3 Å². The molecule has 0 radical (unpaired) electrons. The molecular weight excluding hydrogens is 336 g/mol. The number of hydrogen-bond donors (Lipinski definition) is 0. The molecule has 5 nitrogen and oxygen atoms in total. The Labute approximate surface area is 151 Å². The van der Waals surface area contributed by atoms with Gasteiger partial charge in [-0.1, -0.05) is 19.9 Å². The predicted molar refractivity (Wildman–Crippen MR) is 97.9 cm³/mol. The maximum Gasteiger partial charge on any atom is 0.254 e. The molecule has 0 aromatic heterocycles. The molecule has 1 amide bonds. The zero-order chi connectivity index (χ0) is 18.0. The highest BCUT2D eigenvalue weighted by Crippen LogP contribution is 2.29. The molecule has 1 saturated carbocycles. The smallest absolute Gasteiger partial charge is 0.254 e. The van der Waals surface area contributed by atoms with Crippen LogP contribution in [-0.4, -0.2) is 49.2 Å². The third-order valence-electron chi connectivity index (χ3n) is 4.98. The molecule has 1 aromatic carbocycles. The number of carbonyl (C=O) groups is 1. The van der Waals surface area contributed by atoms with E-state index in [0.717, 1.165) is 38.6 Å². The van der Waals surface area contributed by atoms with Gasteiger partial charge < -0.3 is 4.90 Å². The Kier molecular flexibility index (Phi) is 5.49. The molecule has 2 aliphatic rings. The van der Waals surface area contributed by atoms with Crippen LogP contribution >= 0.6 is 0 Å². The standard InChI is InChI=1S/C19H28N2O3S/c1-15(2)10-13-21(17-8-9-17)19(22)16-6-5-7-18(14-16)25(23,24)20-11-3-4-12-20/h5-7,14-15,17H,3-4,8-13H2,1-2H3. The summed E-state index contributed by atoms with van der Waals surface area (Å²) in [6, 6.07) is 6.89. The van der Waals surface area contributed by atoms with Crippen molar-refractivity contribution in [3.05, 3.63) is 29.8 Å². The molecule has 0 N–H and O–H groups in total. The molecule has 0 spiro atoms. The second-order valence-corrected chi connectivity index (χ2v) is 9.49. The van der Waals surface area contributed by atoms with Crippen molar-refractivity contribution in [1.82, 2.24) is 9.21 Å². The fraction of sp³-hybridized carbons (Fsp3) is 0.632. The molecule has 0 atom stereocenters. The minimum Gasteiger partial charge on any atom is -0.336 e. The van der Waals surface area contributed by atoms with Crippen molar-refractivity contribution < 1.29 is 13.2 Å². The van der Waals surface area contributed by atoms with Crippen LogP contribution in [-0.2, 0) is 10.0 Å². The van der Waals surface area contributed by atoms with Crippen LogP contribution in [0.2, 0.25) is 0 Å². The third-order valence-corrected chi connectivity index (χ3v) is 6.87. The number of nitrogens with zero attached hydrogens (tertiary/aromatic N) is 2. The Morgan fingerprint density at radius 3 is 2.52 bits per heavy atom. The number of sulfonamides is 1. The molecule has 3 rings (SSSR count). The molecule has 1 heterocycles. The van der Waals surface area contributed by atoms with Gasteiger partial charge in [-0.3, -0.25) is 4.79 Å². The van der Waals surface area contributed by atoms with Crippen LogP contribution in [0.5, 0.6) is 0 Å². The molecule has 1 aliphatic carbocycles. The van der Waals surface area contributed by atoms with Gasteiger partial charge in [0.15, 0.2) is 0 Å². The predicted octanol–water partition coefficient (Wildman–Crippen LogP) is 3.12. The van der Waals surface area contributed by atoms with Crippen LogP contribution in [0.1, 0.15) is 56.3 Å². The van der Waals surface area contributed by atoms with Crippen LogP contribution in [0.3, 0.4) is 0 Å². The van der Waals surface area contributed by atoms with Gasteiger partial charge in [0.05, 0.1) is 4.90 Å². The monoisotopic (exact) mass is 364 g/mol. The lowest BCUT2D eigenvalue weighted by Crippen LogP contribution is -2.35. The average Bonchev–Trinajstić information content (AvgIpc) is 3.26. The van der Waals surface area contributed by atoms with E-state index in [1.807, 2.05) is 4.90 Å². The van der Waals surface area contributed by atoms with Gasteiger partial charge in [-0.25, -0.2) is 8.42 Å². The van der Waals surface area contributed by atoms with Crippen molar-refractivity contribution in [2.45, 2.75) is 56.9 Å². The molecular formula is C19H28N2O3S. The van der Waals surface area contributed by atoms with Gasteiger partial charge in [-0.2, -0.15) is 4.31 Å². The highest BCUT2D eigenvalue weighted by atomic mass is 32.2. The molecule has 1 aliphatic heterocycles. The fourth-order valence-electron chi connectivity index (χ4n) is 3.27. The van der Waals surface area contributed by atoms with E-state index in [9.17, 15) is 13.2 Å². The van der Waals surface area contributed by atoms with Crippen molar-refractivity contribution in [2.24, 2.45) is 5.92 Å². The quantitative estimate of drug-likeness (QED) is 0.747. The zero-order valence-corrected chi connectivity index (χ0v) is 16.0. The Morgan fingerprint density at radius 1 is 1.24 bits per heavy atom. The van der Waals surface area contributed by atoms with Crippen LogP contribution in [0.25, 0.3) is 0 Å². The lowest BCUT2D eigenvalue weighted by atomic mass is 10.1. The molecule has 138 valence electrons. The third kappa shape index (κ3) is 4.23. The van der Waals surface area contributed by atoms with Crippen molar-refractivity contribution in [3.8, 4) is 0 Å². The van der Waals surface area contributed by atoms with Gasteiger partial charge in [0.2, 0.25) is 10.0 Å². The number of benzene rings is 1. The lowest BCUT2D eigenvalue weighted by molar-refractivity contribution is 0.0735. The SMILES string of the molecule is CC(C)CCN(C(=O)c1cccc(S(=O)(=O)N2CCCC2)c1)C1CC1. The van der Waals surface area contributed by atoms with Gasteiger partial charge in [-0.15, -0.1) is 0 Å². The van der Waals surface area contributed by atoms with E-state index in [2.05, 4.69) is 13.8 Å². The molecule has 2 fully saturated rings. The maximum absolute atomic E-state index is 13.0. The minimum absolute atomic E-state index is 0.0402. The molecule has 1 aromatic rings. The summed E-state index contributed by atoms with van der Waals surface area (Å²) in [5, 5.41) is 0. The number of rotatable bonds is 7. The van der Waals surface area contributed by atoms with Gasteiger partial charge in [0.25, 0.3) is 5.91 Å². The molecule has 0 unspecified atom stereocenters. The Morgan fingerprint density at radius 2 is 1.92 bits per heavy atom. The van der Waals surface area contributed by atoms with Gasteiger partial charge in [0.1, 0.15) is 0 Å². The Balaban J connectivity index is 1.81. The van der Waals surface area contributed by atoms with Gasteiger partial charge >= 0.3 is 0 Å². The summed E-state index contributed by atoms with van der Waals surface area (Å²) in [6.07, 6.45) is 4.88. The molecule has 1 saturated heterocycles. The van der Waals surface area contributed by atoms with E-state index in [-0.39, 0.29) is 10.8 Å². The summed E-state index contributed by atoms with van der Waals surface area (Å²) < 4.78 is 27.0. The first-order valence-electron chi connectivity index (χ1n) is 9.31. The van der Waals surface area contributed by atoms with Gasteiger partial charge in [-0.05, 0) is 56.2 Å².